The van der Waals surface area contributed by atoms with E-state index in [1.807, 2.05) is 6.92 Å². The van der Waals surface area contributed by atoms with Gasteiger partial charge in [0.1, 0.15) is 0 Å². The molecular formula is C4H8ClO-. The van der Waals surface area contributed by atoms with Gasteiger partial charge in [-0.15, -0.1) is 17.7 Å². The highest BCUT2D eigenvalue weighted by molar-refractivity contribution is 6.18. The van der Waals surface area contributed by atoms with E-state index >= 15 is 0 Å². The number of alkyl halides is 1. The summed E-state index contributed by atoms with van der Waals surface area (Å²) in [4.78, 5) is 0. The Hall–Kier alpha value is 0.250. The summed E-state index contributed by atoms with van der Waals surface area (Å²) in [5.74, 6) is 0.247. The summed E-state index contributed by atoms with van der Waals surface area (Å²) in [6.07, 6.45) is 0.0930. The lowest BCUT2D eigenvalue weighted by molar-refractivity contribution is -0.412. The second kappa shape index (κ2) is 3.44. The Morgan fingerprint density at radius 3 is 2.33 bits per heavy atom. The Balaban J connectivity index is 2.75. The van der Waals surface area contributed by atoms with E-state index in [4.69, 9.17) is 11.6 Å². The van der Waals surface area contributed by atoms with Gasteiger partial charge in [-0.2, -0.15) is 0 Å². The van der Waals surface area contributed by atoms with Crippen molar-refractivity contribution >= 4 is 11.6 Å². The van der Waals surface area contributed by atoms with E-state index in [1.165, 1.54) is 0 Å². The van der Waals surface area contributed by atoms with Gasteiger partial charge in [0, 0.05) is 5.88 Å². The Morgan fingerprint density at radius 2 is 2.33 bits per heavy atom. The molecule has 0 amide bonds. The first-order valence-corrected chi connectivity index (χ1v) is 2.56. The highest BCUT2D eigenvalue weighted by Gasteiger charge is 1.80. The van der Waals surface area contributed by atoms with Crippen molar-refractivity contribution in [2.45, 2.75) is 19.4 Å². The monoisotopic (exact) mass is 107 g/mol. The maximum atomic E-state index is 10.1. The van der Waals surface area contributed by atoms with E-state index in [-0.39, 0.29) is 5.88 Å². The molecule has 0 aliphatic heterocycles. The first kappa shape index (κ1) is 6.25. The zero-order valence-corrected chi connectivity index (χ0v) is 4.53. The van der Waals surface area contributed by atoms with Crippen LogP contribution in [0.15, 0.2) is 0 Å². The summed E-state index contributed by atoms with van der Waals surface area (Å²) in [7, 11) is 0. The van der Waals surface area contributed by atoms with Crippen LogP contribution >= 0.6 is 11.6 Å². The minimum Gasteiger partial charge on any atom is -0.851 e. The van der Waals surface area contributed by atoms with Crippen molar-refractivity contribution in [2.24, 2.45) is 0 Å². The van der Waals surface area contributed by atoms with Crippen LogP contribution in [0.4, 0.5) is 0 Å². The van der Waals surface area contributed by atoms with Crippen molar-refractivity contribution in [3.63, 3.8) is 0 Å². The smallest absolute Gasteiger partial charge is 0.00980 e. The molecule has 0 aliphatic rings. The van der Waals surface area contributed by atoms with Crippen LogP contribution in [0.1, 0.15) is 13.3 Å². The van der Waals surface area contributed by atoms with Gasteiger partial charge in [0.25, 0.3) is 0 Å². The largest absolute Gasteiger partial charge is 0.851 e. The first-order chi connectivity index (χ1) is 2.81. The van der Waals surface area contributed by atoms with Crippen molar-refractivity contribution in [3.8, 4) is 0 Å². The fourth-order valence-corrected chi connectivity index (χ4v) is 0.327. The van der Waals surface area contributed by atoms with Crippen LogP contribution in [-0.4, -0.2) is 12.0 Å². The average Bonchev–Trinajstić information content (AvgIpc) is 1.65. The summed E-state index contributed by atoms with van der Waals surface area (Å²) < 4.78 is 0. The molecule has 38 valence electrons. The molecule has 0 aliphatic carbocycles. The molecule has 0 aromatic rings. The quantitative estimate of drug-likeness (QED) is 0.468. The normalized spacial score (nSPS) is 14.5. The van der Waals surface area contributed by atoms with E-state index in [9.17, 15) is 5.11 Å². The third-order valence-corrected chi connectivity index (χ3v) is 0.972. The van der Waals surface area contributed by atoms with Crippen LogP contribution in [-0.2, 0) is 0 Å². The number of hydrogen-bond donors (Lipinski definition) is 0. The standard InChI is InChI=1S/C4H8ClO/c1-2-4(6)3-5/h4H,2-3H2,1H3/q-1/t4-/m0/s1. The lowest BCUT2D eigenvalue weighted by atomic mass is 10.3. The van der Waals surface area contributed by atoms with Gasteiger partial charge in [0.05, 0.1) is 0 Å². The Kier molecular flexibility index (Phi) is 3.58. The fraction of sp³-hybridized carbons (Fsp3) is 1.00. The first-order valence-electron chi connectivity index (χ1n) is 2.03. The molecule has 0 aromatic carbocycles. The van der Waals surface area contributed by atoms with Crippen LogP contribution in [0.5, 0.6) is 0 Å². The van der Waals surface area contributed by atoms with E-state index < -0.39 is 6.10 Å². The molecule has 0 saturated heterocycles. The van der Waals surface area contributed by atoms with Crippen LogP contribution in [0.3, 0.4) is 0 Å². The molecule has 2 heteroatoms. The van der Waals surface area contributed by atoms with Gasteiger partial charge < -0.3 is 5.11 Å². The lowest BCUT2D eigenvalue weighted by Crippen LogP contribution is -2.25. The molecule has 0 radical (unpaired) electrons. The molecule has 0 spiro atoms. The average molecular weight is 108 g/mol. The zero-order valence-electron chi connectivity index (χ0n) is 3.78. The van der Waals surface area contributed by atoms with Gasteiger partial charge >= 0.3 is 0 Å². The van der Waals surface area contributed by atoms with Gasteiger partial charge in [-0.25, -0.2) is 0 Å². The maximum Gasteiger partial charge on any atom is 0.00980 e. The minimum absolute atomic E-state index is 0.247. The third-order valence-electron chi connectivity index (χ3n) is 0.627. The van der Waals surface area contributed by atoms with Crippen molar-refractivity contribution in [1.82, 2.24) is 0 Å². The summed E-state index contributed by atoms with van der Waals surface area (Å²) in [5, 5.41) is 10.1. The van der Waals surface area contributed by atoms with Crippen molar-refractivity contribution in [1.29, 1.82) is 0 Å². The Bertz CT molecular complexity index is 26.7. The lowest BCUT2D eigenvalue weighted by Gasteiger charge is -2.13. The van der Waals surface area contributed by atoms with E-state index in [1.54, 1.807) is 0 Å². The van der Waals surface area contributed by atoms with Crippen molar-refractivity contribution in [3.05, 3.63) is 0 Å². The molecule has 0 bridgehead atoms. The van der Waals surface area contributed by atoms with Crippen LogP contribution in [0.25, 0.3) is 0 Å². The molecule has 0 unspecified atom stereocenters. The highest BCUT2D eigenvalue weighted by atomic mass is 35.5. The SMILES string of the molecule is CC[C@H]([O-])CCl. The van der Waals surface area contributed by atoms with Gasteiger partial charge in [0.2, 0.25) is 0 Å². The van der Waals surface area contributed by atoms with Gasteiger partial charge in [-0.3, -0.25) is 0 Å². The van der Waals surface area contributed by atoms with Crippen molar-refractivity contribution in [2.75, 3.05) is 5.88 Å². The summed E-state index contributed by atoms with van der Waals surface area (Å²) >= 11 is 5.14. The maximum absolute atomic E-state index is 10.1. The van der Waals surface area contributed by atoms with E-state index in [0.29, 0.717) is 6.42 Å². The third kappa shape index (κ3) is 2.49. The van der Waals surface area contributed by atoms with Crippen molar-refractivity contribution < 1.29 is 5.11 Å². The topological polar surface area (TPSA) is 23.1 Å². The number of rotatable bonds is 2. The highest BCUT2D eigenvalue weighted by Crippen LogP contribution is 1.85. The Morgan fingerprint density at radius 1 is 1.83 bits per heavy atom. The molecule has 0 aromatic heterocycles. The summed E-state index contributed by atoms with van der Waals surface area (Å²) in [5.41, 5.74) is 0. The number of hydrogen-bond acceptors (Lipinski definition) is 1. The van der Waals surface area contributed by atoms with Gasteiger partial charge in [0.15, 0.2) is 0 Å². The number of halogens is 1. The predicted octanol–water partition coefficient (Wildman–Crippen LogP) is 0.364. The summed E-state index contributed by atoms with van der Waals surface area (Å²) in [6, 6.07) is 0. The molecule has 0 N–H and O–H groups in total. The molecule has 0 heterocycles. The molecule has 1 atom stereocenters. The second-order valence-corrected chi connectivity index (χ2v) is 1.49. The van der Waals surface area contributed by atoms with Crippen LogP contribution < -0.4 is 5.11 Å². The molecule has 1 nitrogen and oxygen atoms in total. The van der Waals surface area contributed by atoms with Gasteiger partial charge in [-0.05, 0) is 0 Å². The molecule has 0 rings (SSSR count). The molecular weight excluding hydrogens is 99.5 g/mol. The predicted molar refractivity (Wildman–Crippen MR) is 24.8 cm³/mol. The molecule has 6 heavy (non-hydrogen) atoms. The Labute approximate surface area is 42.9 Å². The minimum atomic E-state index is -0.549. The molecule has 0 saturated carbocycles. The van der Waals surface area contributed by atoms with Gasteiger partial charge in [-0.1, -0.05) is 13.3 Å². The summed E-state index contributed by atoms with van der Waals surface area (Å²) in [6.45, 7) is 1.83. The second-order valence-electron chi connectivity index (χ2n) is 1.18. The zero-order chi connectivity index (χ0) is 4.99. The van der Waals surface area contributed by atoms with E-state index in [0.717, 1.165) is 0 Å². The molecule has 0 fully saturated rings. The van der Waals surface area contributed by atoms with Crippen LogP contribution in [0, 0.1) is 0 Å². The van der Waals surface area contributed by atoms with E-state index in [2.05, 4.69) is 0 Å². The fourth-order valence-electron chi connectivity index (χ4n) is 0.109. The van der Waals surface area contributed by atoms with Crippen LogP contribution in [0.2, 0.25) is 0 Å².